The van der Waals surface area contributed by atoms with Crippen molar-refractivity contribution >= 4 is 26.7 Å². The molecule has 2 heterocycles. The number of aryl methyl sites for hydroxylation is 1. The molecule has 0 radical (unpaired) electrons. The summed E-state index contributed by atoms with van der Waals surface area (Å²) in [7, 11) is -2.95. The van der Waals surface area contributed by atoms with Crippen molar-refractivity contribution in [3.05, 3.63) is 30.0 Å². The van der Waals surface area contributed by atoms with Crippen LogP contribution in [0.25, 0.3) is 11.0 Å². The second kappa shape index (κ2) is 4.70. The first kappa shape index (κ1) is 13.3. The number of fused-ring (bicyclic) bond motifs is 1. The Morgan fingerprint density at radius 3 is 2.50 bits per heavy atom. The zero-order valence-electron chi connectivity index (χ0n) is 11.6. The van der Waals surface area contributed by atoms with Crippen LogP contribution in [0.1, 0.15) is 12.6 Å². The Kier molecular flexibility index (Phi) is 3.12. The molecule has 3 rings (SSSR count). The monoisotopic (exact) mass is 291 g/mol. The lowest BCUT2D eigenvalue weighted by Crippen LogP contribution is -2.46. The van der Waals surface area contributed by atoms with Gasteiger partial charge in [-0.1, -0.05) is 12.1 Å². The standard InChI is InChI=1S/C14H17N3O2S/c1-10-9-17(7-8-20(10,18)19)14-11(2)15-12-5-3-4-6-13(12)16-14/h3-6,10H,7-9H2,1-2H3/t10-/m1/s1. The molecule has 1 saturated heterocycles. The Morgan fingerprint density at radius 1 is 1.20 bits per heavy atom. The molecule has 2 aromatic rings. The number of nitrogens with zero attached hydrogens (tertiary/aromatic N) is 3. The smallest absolute Gasteiger partial charge is 0.156 e. The summed E-state index contributed by atoms with van der Waals surface area (Å²) in [5.74, 6) is 0.979. The fourth-order valence-electron chi connectivity index (χ4n) is 2.52. The van der Waals surface area contributed by atoms with Crippen LogP contribution in [0.5, 0.6) is 0 Å². The van der Waals surface area contributed by atoms with Gasteiger partial charge in [-0.25, -0.2) is 18.4 Å². The van der Waals surface area contributed by atoms with Gasteiger partial charge in [0.1, 0.15) is 0 Å². The Bertz CT molecular complexity index is 758. The van der Waals surface area contributed by atoms with E-state index in [4.69, 9.17) is 0 Å². The summed E-state index contributed by atoms with van der Waals surface area (Å²) >= 11 is 0. The van der Waals surface area contributed by atoms with Crippen molar-refractivity contribution in [2.24, 2.45) is 0 Å². The molecule has 6 heteroatoms. The van der Waals surface area contributed by atoms with Crippen molar-refractivity contribution in [1.82, 2.24) is 9.97 Å². The normalized spacial score (nSPS) is 22.1. The summed E-state index contributed by atoms with van der Waals surface area (Å²) in [6.07, 6.45) is 0. The summed E-state index contributed by atoms with van der Waals surface area (Å²) < 4.78 is 23.6. The lowest BCUT2D eigenvalue weighted by Gasteiger charge is -2.32. The number of hydrogen-bond donors (Lipinski definition) is 0. The molecule has 0 aliphatic carbocycles. The first-order valence-electron chi connectivity index (χ1n) is 6.67. The van der Waals surface area contributed by atoms with Gasteiger partial charge in [-0.2, -0.15) is 0 Å². The predicted octanol–water partition coefficient (Wildman–Crippen LogP) is 1.56. The van der Waals surface area contributed by atoms with E-state index in [9.17, 15) is 8.42 Å². The molecule has 5 nitrogen and oxygen atoms in total. The van der Waals surface area contributed by atoms with Gasteiger partial charge in [0.05, 0.1) is 27.7 Å². The van der Waals surface area contributed by atoms with Crippen LogP contribution in [0.2, 0.25) is 0 Å². The van der Waals surface area contributed by atoms with E-state index in [-0.39, 0.29) is 11.0 Å². The molecular formula is C14H17N3O2S. The highest BCUT2D eigenvalue weighted by Gasteiger charge is 2.30. The van der Waals surface area contributed by atoms with Crippen LogP contribution in [-0.4, -0.2) is 42.5 Å². The highest BCUT2D eigenvalue weighted by Crippen LogP contribution is 2.23. The third-order valence-electron chi connectivity index (χ3n) is 3.76. The van der Waals surface area contributed by atoms with Gasteiger partial charge in [-0.05, 0) is 26.0 Å². The van der Waals surface area contributed by atoms with Gasteiger partial charge in [0.15, 0.2) is 15.7 Å². The van der Waals surface area contributed by atoms with Gasteiger partial charge >= 0.3 is 0 Å². The van der Waals surface area contributed by atoms with Gasteiger partial charge in [0.25, 0.3) is 0 Å². The molecule has 1 aliphatic rings. The molecule has 1 fully saturated rings. The molecule has 1 aliphatic heterocycles. The van der Waals surface area contributed by atoms with E-state index >= 15 is 0 Å². The molecule has 0 bridgehead atoms. The average molecular weight is 291 g/mol. The maximum atomic E-state index is 11.8. The van der Waals surface area contributed by atoms with E-state index in [0.29, 0.717) is 13.1 Å². The Labute approximate surface area is 118 Å². The minimum Gasteiger partial charge on any atom is -0.353 e. The minimum absolute atomic E-state index is 0.183. The summed E-state index contributed by atoms with van der Waals surface area (Å²) in [4.78, 5) is 11.2. The van der Waals surface area contributed by atoms with E-state index in [1.54, 1.807) is 6.92 Å². The molecule has 106 valence electrons. The Morgan fingerprint density at radius 2 is 1.85 bits per heavy atom. The van der Waals surface area contributed by atoms with Crippen LogP contribution >= 0.6 is 0 Å². The highest BCUT2D eigenvalue weighted by atomic mass is 32.2. The van der Waals surface area contributed by atoms with Gasteiger partial charge in [0, 0.05) is 13.1 Å². The first-order chi connectivity index (χ1) is 9.47. The number of aromatic nitrogens is 2. The number of rotatable bonds is 1. The van der Waals surface area contributed by atoms with Crippen LogP contribution < -0.4 is 4.90 Å². The quantitative estimate of drug-likeness (QED) is 0.798. The molecular weight excluding hydrogens is 274 g/mol. The molecule has 0 unspecified atom stereocenters. The third kappa shape index (κ3) is 2.24. The molecule has 1 aromatic heterocycles. The summed E-state index contributed by atoms with van der Waals surface area (Å²) in [6, 6.07) is 7.73. The second-order valence-electron chi connectivity index (χ2n) is 5.24. The molecule has 0 spiro atoms. The van der Waals surface area contributed by atoms with E-state index in [1.165, 1.54) is 0 Å². The first-order valence-corrected chi connectivity index (χ1v) is 8.39. The molecule has 20 heavy (non-hydrogen) atoms. The number of benzene rings is 1. The van der Waals surface area contributed by atoms with Crippen LogP contribution in [0.3, 0.4) is 0 Å². The van der Waals surface area contributed by atoms with Crippen LogP contribution in [-0.2, 0) is 9.84 Å². The van der Waals surface area contributed by atoms with E-state index in [0.717, 1.165) is 22.5 Å². The molecule has 1 atom stereocenters. The van der Waals surface area contributed by atoms with Crippen molar-refractivity contribution in [3.63, 3.8) is 0 Å². The lowest BCUT2D eigenvalue weighted by molar-refractivity contribution is 0.568. The van der Waals surface area contributed by atoms with Crippen LogP contribution in [0.15, 0.2) is 24.3 Å². The van der Waals surface area contributed by atoms with Crippen molar-refractivity contribution < 1.29 is 8.42 Å². The fraction of sp³-hybridized carbons (Fsp3) is 0.429. The topological polar surface area (TPSA) is 63.2 Å². The molecule has 0 saturated carbocycles. The summed E-state index contributed by atoms with van der Waals surface area (Å²) in [5, 5.41) is -0.357. The fourth-order valence-corrected chi connectivity index (χ4v) is 3.81. The van der Waals surface area contributed by atoms with Crippen molar-refractivity contribution in [3.8, 4) is 0 Å². The Hall–Kier alpha value is -1.69. The lowest BCUT2D eigenvalue weighted by atomic mass is 10.2. The van der Waals surface area contributed by atoms with Gasteiger partial charge < -0.3 is 4.90 Å². The maximum absolute atomic E-state index is 11.8. The SMILES string of the molecule is Cc1nc2ccccc2nc1N1CCS(=O)(=O)[C@H](C)C1. The van der Waals surface area contributed by atoms with Crippen LogP contribution in [0.4, 0.5) is 5.82 Å². The number of anilines is 1. The Balaban J connectivity index is 2.00. The third-order valence-corrected chi connectivity index (χ3v) is 5.88. The van der Waals surface area contributed by atoms with Gasteiger partial charge in [0.2, 0.25) is 0 Å². The minimum atomic E-state index is -2.95. The second-order valence-corrected chi connectivity index (χ2v) is 7.78. The molecule has 1 aromatic carbocycles. The predicted molar refractivity (Wildman–Crippen MR) is 79.7 cm³/mol. The summed E-state index contributed by atoms with van der Waals surface area (Å²) in [6.45, 7) is 4.64. The van der Waals surface area contributed by atoms with Crippen molar-refractivity contribution in [2.45, 2.75) is 19.1 Å². The van der Waals surface area contributed by atoms with E-state index in [1.807, 2.05) is 36.1 Å². The molecule has 0 amide bonds. The zero-order valence-corrected chi connectivity index (χ0v) is 12.4. The molecule has 0 N–H and O–H groups in total. The number of para-hydroxylation sites is 2. The van der Waals surface area contributed by atoms with Crippen molar-refractivity contribution in [2.75, 3.05) is 23.7 Å². The van der Waals surface area contributed by atoms with E-state index < -0.39 is 9.84 Å². The highest BCUT2D eigenvalue weighted by molar-refractivity contribution is 7.92. The van der Waals surface area contributed by atoms with Gasteiger partial charge in [-0.15, -0.1) is 0 Å². The number of hydrogen-bond acceptors (Lipinski definition) is 5. The van der Waals surface area contributed by atoms with E-state index in [2.05, 4.69) is 9.97 Å². The number of sulfone groups is 1. The van der Waals surface area contributed by atoms with Crippen LogP contribution in [0, 0.1) is 6.92 Å². The average Bonchev–Trinajstić information content (AvgIpc) is 2.41. The maximum Gasteiger partial charge on any atom is 0.156 e. The largest absolute Gasteiger partial charge is 0.353 e. The van der Waals surface area contributed by atoms with Crippen molar-refractivity contribution in [1.29, 1.82) is 0 Å². The summed E-state index contributed by atoms with van der Waals surface area (Å²) in [5.41, 5.74) is 2.55. The zero-order chi connectivity index (χ0) is 14.3. The van der Waals surface area contributed by atoms with Gasteiger partial charge in [-0.3, -0.25) is 0 Å².